The van der Waals surface area contributed by atoms with Gasteiger partial charge in [-0.05, 0) is 128 Å². The van der Waals surface area contributed by atoms with Crippen molar-refractivity contribution in [3.05, 3.63) is 122 Å². The van der Waals surface area contributed by atoms with E-state index in [1.54, 1.807) is 0 Å². The maximum atomic E-state index is 12.9. The standard InChI is InChI=1S/C66H108O6/c1-4-7-10-13-16-19-22-25-28-31-33-35-38-41-44-47-50-53-56-59-65(68)71-62-63(61-70-64(67)58-55-52-49-46-43-40-37-30-27-24-21-18-15-12-9-6-3)72-66(69)60-57-54-51-48-45-42-39-36-34-32-29-26-23-20-17-14-11-8-5-2/h7-8,10-11,16-17,19-21,24-26,28-30,33-37,63H,4-6,9,12-15,18,22-23,27,31-32,38-62H2,1-3H3/b10-7-,11-8-,19-16-,20-17-,24-21-,28-25-,29-26-,35-33-,36-34-,37-30-. The maximum absolute atomic E-state index is 12.9. The van der Waals surface area contributed by atoms with Crippen LogP contribution >= 0.6 is 0 Å². The topological polar surface area (TPSA) is 78.9 Å². The minimum Gasteiger partial charge on any atom is -0.462 e. The molecule has 6 heteroatoms. The van der Waals surface area contributed by atoms with Gasteiger partial charge in [-0.15, -0.1) is 0 Å². The summed E-state index contributed by atoms with van der Waals surface area (Å²) in [5.41, 5.74) is 0. The predicted octanol–water partition coefficient (Wildman–Crippen LogP) is 20.0. The Hall–Kier alpha value is -4.19. The Bertz CT molecular complexity index is 1520. The predicted molar refractivity (Wildman–Crippen MR) is 311 cm³/mol. The van der Waals surface area contributed by atoms with Crippen molar-refractivity contribution in [2.45, 2.75) is 264 Å². The fourth-order valence-corrected chi connectivity index (χ4v) is 7.81. The van der Waals surface area contributed by atoms with E-state index in [0.717, 1.165) is 161 Å². The smallest absolute Gasteiger partial charge is 0.306 e. The zero-order valence-corrected chi connectivity index (χ0v) is 46.7. The minimum atomic E-state index is -0.803. The normalized spacial score (nSPS) is 13.0. The molecule has 0 aliphatic heterocycles. The van der Waals surface area contributed by atoms with Crippen molar-refractivity contribution in [3.63, 3.8) is 0 Å². The summed E-state index contributed by atoms with van der Waals surface area (Å²) in [5, 5.41) is 0. The van der Waals surface area contributed by atoms with E-state index in [1.807, 2.05) is 0 Å². The van der Waals surface area contributed by atoms with Gasteiger partial charge in [0.2, 0.25) is 0 Å². The van der Waals surface area contributed by atoms with Crippen LogP contribution in [0.5, 0.6) is 0 Å². The molecule has 0 rings (SSSR count). The van der Waals surface area contributed by atoms with E-state index in [-0.39, 0.29) is 31.1 Å². The van der Waals surface area contributed by atoms with E-state index in [2.05, 4.69) is 142 Å². The summed E-state index contributed by atoms with van der Waals surface area (Å²) in [4.78, 5) is 38.2. The van der Waals surface area contributed by atoms with Crippen LogP contribution in [0.3, 0.4) is 0 Å². The van der Waals surface area contributed by atoms with Crippen molar-refractivity contribution in [2.75, 3.05) is 13.2 Å². The van der Waals surface area contributed by atoms with Crippen LogP contribution in [0.25, 0.3) is 0 Å². The Balaban J connectivity index is 4.48. The number of rotatable bonds is 52. The van der Waals surface area contributed by atoms with Gasteiger partial charge in [-0.2, -0.15) is 0 Å². The summed E-state index contributed by atoms with van der Waals surface area (Å²) in [6.07, 6.45) is 81.8. The summed E-state index contributed by atoms with van der Waals surface area (Å²) < 4.78 is 16.9. The molecule has 0 amide bonds. The zero-order chi connectivity index (χ0) is 52.2. The lowest BCUT2D eigenvalue weighted by molar-refractivity contribution is -0.167. The number of esters is 3. The van der Waals surface area contributed by atoms with Gasteiger partial charge in [0.25, 0.3) is 0 Å². The molecular formula is C66H108O6. The van der Waals surface area contributed by atoms with Gasteiger partial charge in [0.05, 0.1) is 0 Å². The molecule has 1 unspecified atom stereocenters. The lowest BCUT2D eigenvalue weighted by atomic mass is 10.1. The van der Waals surface area contributed by atoms with Gasteiger partial charge in [-0.1, -0.05) is 232 Å². The van der Waals surface area contributed by atoms with Gasteiger partial charge in [-0.25, -0.2) is 0 Å². The van der Waals surface area contributed by atoms with Crippen LogP contribution in [-0.4, -0.2) is 37.2 Å². The molecular weight excluding hydrogens is 889 g/mol. The number of allylic oxidation sites excluding steroid dienone is 20. The zero-order valence-electron chi connectivity index (χ0n) is 46.7. The van der Waals surface area contributed by atoms with Crippen LogP contribution in [0.1, 0.15) is 258 Å². The van der Waals surface area contributed by atoms with Crippen molar-refractivity contribution in [3.8, 4) is 0 Å². The van der Waals surface area contributed by atoms with Crippen molar-refractivity contribution < 1.29 is 28.6 Å². The lowest BCUT2D eigenvalue weighted by Crippen LogP contribution is -2.30. The van der Waals surface area contributed by atoms with Crippen molar-refractivity contribution >= 4 is 17.9 Å². The van der Waals surface area contributed by atoms with E-state index < -0.39 is 6.10 Å². The monoisotopic (exact) mass is 997 g/mol. The molecule has 0 saturated carbocycles. The Morgan fingerprint density at radius 3 is 0.847 bits per heavy atom. The number of carbonyl (C=O) groups excluding carboxylic acids is 3. The van der Waals surface area contributed by atoms with E-state index >= 15 is 0 Å². The first kappa shape index (κ1) is 67.8. The van der Waals surface area contributed by atoms with E-state index in [4.69, 9.17) is 14.2 Å². The molecule has 0 aliphatic carbocycles. The highest BCUT2D eigenvalue weighted by molar-refractivity contribution is 5.71. The van der Waals surface area contributed by atoms with Gasteiger partial charge in [0.1, 0.15) is 13.2 Å². The highest BCUT2D eigenvalue weighted by Gasteiger charge is 2.19. The van der Waals surface area contributed by atoms with E-state index in [9.17, 15) is 14.4 Å². The van der Waals surface area contributed by atoms with Gasteiger partial charge in [-0.3, -0.25) is 14.4 Å². The summed E-state index contributed by atoms with van der Waals surface area (Å²) in [6, 6.07) is 0. The molecule has 0 radical (unpaired) electrons. The molecule has 0 saturated heterocycles. The van der Waals surface area contributed by atoms with Crippen LogP contribution < -0.4 is 0 Å². The third-order valence-corrected chi connectivity index (χ3v) is 12.2. The van der Waals surface area contributed by atoms with Crippen molar-refractivity contribution in [1.29, 1.82) is 0 Å². The Labute approximate surface area is 443 Å². The highest BCUT2D eigenvalue weighted by atomic mass is 16.6. The summed E-state index contributed by atoms with van der Waals surface area (Å²) >= 11 is 0. The van der Waals surface area contributed by atoms with Gasteiger partial charge in [0.15, 0.2) is 6.10 Å². The molecule has 0 aromatic rings. The maximum Gasteiger partial charge on any atom is 0.306 e. The molecule has 0 fully saturated rings. The fourth-order valence-electron chi connectivity index (χ4n) is 7.81. The molecule has 0 heterocycles. The summed E-state index contributed by atoms with van der Waals surface area (Å²) in [6.45, 7) is 6.36. The number of carbonyl (C=O) groups is 3. The fraction of sp³-hybridized carbons (Fsp3) is 0.652. The number of ether oxygens (including phenoxy) is 3. The third-order valence-electron chi connectivity index (χ3n) is 12.2. The number of hydrogen-bond acceptors (Lipinski definition) is 6. The quantitative estimate of drug-likeness (QED) is 0.0261. The third kappa shape index (κ3) is 56.7. The SMILES string of the molecule is CC/C=C\C/C=C\C/C=C\C/C=C\CCCCCCCCC(=O)OCC(COC(=O)CCCCCCC/C=C\C/C=C\CCCCCC)OC(=O)CCCCCCCC/C=C\C/C=C\C/C=C\C/C=C\CC. The summed E-state index contributed by atoms with van der Waals surface area (Å²) in [7, 11) is 0. The van der Waals surface area contributed by atoms with Gasteiger partial charge < -0.3 is 14.2 Å². The van der Waals surface area contributed by atoms with Crippen molar-refractivity contribution in [2.24, 2.45) is 0 Å². The molecule has 0 aliphatic rings. The second-order valence-corrected chi connectivity index (χ2v) is 19.1. The molecule has 0 bridgehead atoms. The molecule has 72 heavy (non-hydrogen) atoms. The summed E-state index contributed by atoms with van der Waals surface area (Å²) in [5.74, 6) is -0.939. The number of hydrogen-bond donors (Lipinski definition) is 0. The van der Waals surface area contributed by atoms with Crippen LogP contribution in [0.4, 0.5) is 0 Å². The van der Waals surface area contributed by atoms with E-state index in [0.29, 0.717) is 19.3 Å². The van der Waals surface area contributed by atoms with Crippen LogP contribution in [0.2, 0.25) is 0 Å². The molecule has 0 N–H and O–H groups in total. The highest BCUT2D eigenvalue weighted by Crippen LogP contribution is 2.14. The van der Waals surface area contributed by atoms with Gasteiger partial charge in [0, 0.05) is 19.3 Å². The second kappa shape index (κ2) is 59.4. The molecule has 1 atom stereocenters. The molecule has 0 spiro atoms. The molecule has 6 nitrogen and oxygen atoms in total. The van der Waals surface area contributed by atoms with Crippen LogP contribution in [0.15, 0.2) is 122 Å². The first-order valence-corrected chi connectivity index (χ1v) is 29.5. The Morgan fingerprint density at radius 2 is 0.542 bits per heavy atom. The number of unbranched alkanes of at least 4 members (excludes halogenated alkanes) is 21. The first-order valence-electron chi connectivity index (χ1n) is 29.5. The average Bonchev–Trinajstić information content (AvgIpc) is 3.38. The second-order valence-electron chi connectivity index (χ2n) is 19.1. The lowest BCUT2D eigenvalue weighted by Gasteiger charge is -2.18. The average molecular weight is 998 g/mol. The van der Waals surface area contributed by atoms with Crippen LogP contribution in [-0.2, 0) is 28.6 Å². The Morgan fingerprint density at radius 1 is 0.292 bits per heavy atom. The van der Waals surface area contributed by atoms with Crippen LogP contribution in [0, 0.1) is 0 Å². The largest absolute Gasteiger partial charge is 0.462 e. The molecule has 408 valence electrons. The Kier molecular flexibility index (Phi) is 55.9. The van der Waals surface area contributed by atoms with Gasteiger partial charge >= 0.3 is 17.9 Å². The van der Waals surface area contributed by atoms with Crippen molar-refractivity contribution in [1.82, 2.24) is 0 Å². The minimum absolute atomic E-state index is 0.0988. The first-order chi connectivity index (χ1) is 35.5. The van der Waals surface area contributed by atoms with E-state index in [1.165, 1.54) is 57.8 Å². The molecule has 0 aromatic heterocycles. The molecule has 0 aromatic carbocycles.